The second kappa shape index (κ2) is 2.44. The highest BCUT2D eigenvalue weighted by molar-refractivity contribution is 6.30. The van der Waals surface area contributed by atoms with Gasteiger partial charge in [-0.15, -0.1) is 0 Å². The Morgan fingerprint density at radius 1 is 1.56 bits per heavy atom. The molecule has 1 aliphatic carbocycles. The van der Waals surface area contributed by atoms with E-state index in [0.717, 1.165) is 12.8 Å². The lowest BCUT2D eigenvalue weighted by Crippen LogP contribution is -1.91. The van der Waals surface area contributed by atoms with Gasteiger partial charge in [0.1, 0.15) is 5.76 Å². The summed E-state index contributed by atoms with van der Waals surface area (Å²) in [5, 5.41) is 9.60. The molecule has 0 fully saturated rings. The molecule has 0 unspecified atom stereocenters. The molecule has 0 aliphatic heterocycles. The molecule has 1 nitrogen and oxygen atoms in total. The van der Waals surface area contributed by atoms with E-state index in [-0.39, 0.29) is 5.76 Å². The summed E-state index contributed by atoms with van der Waals surface area (Å²) in [5.74, 6) is 0.236. The molecule has 0 aromatic rings. The molecule has 0 spiro atoms. The lowest BCUT2D eigenvalue weighted by atomic mass is 10.1. The summed E-state index contributed by atoms with van der Waals surface area (Å²) in [5.41, 5.74) is 1.19. The Morgan fingerprint density at radius 3 is 2.67 bits per heavy atom. The van der Waals surface area contributed by atoms with Gasteiger partial charge in [0.2, 0.25) is 0 Å². The van der Waals surface area contributed by atoms with Gasteiger partial charge in [0.25, 0.3) is 0 Å². The van der Waals surface area contributed by atoms with E-state index in [9.17, 15) is 0 Å². The maximum absolute atomic E-state index is 9.02. The molecule has 0 saturated heterocycles. The van der Waals surface area contributed by atoms with Gasteiger partial charge in [0.05, 0.1) is 5.03 Å². The first-order valence-corrected chi connectivity index (χ1v) is 3.33. The van der Waals surface area contributed by atoms with Gasteiger partial charge in [0, 0.05) is 0 Å². The van der Waals surface area contributed by atoms with Crippen LogP contribution in [0.25, 0.3) is 0 Å². The molecule has 9 heavy (non-hydrogen) atoms. The van der Waals surface area contributed by atoms with E-state index in [2.05, 4.69) is 0 Å². The molecule has 1 rings (SSSR count). The highest BCUT2D eigenvalue weighted by atomic mass is 35.5. The molecule has 0 bridgehead atoms. The SMILES string of the molecule is CC1=CC(O)=C(Cl)CC1. The summed E-state index contributed by atoms with van der Waals surface area (Å²) in [7, 11) is 0. The Balaban J connectivity index is 2.83. The van der Waals surface area contributed by atoms with Crippen LogP contribution in [0.2, 0.25) is 0 Å². The Labute approximate surface area is 59.6 Å². The van der Waals surface area contributed by atoms with Crippen LogP contribution in [0.15, 0.2) is 22.4 Å². The van der Waals surface area contributed by atoms with Gasteiger partial charge in [-0.25, -0.2) is 0 Å². The van der Waals surface area contributed by atoms with Crippen molar-refractivity contribution in [3.05, 3.63) is 22.4 Å². The molecule has 2 heteroatoms. The van der Waals surface area contributed by atoms with Crippen LogP contribution >= 0.6 is 11.6 Å². The van der Waals surface area contributed by atoms with Crippen molar-refractivity contribution < 1.29 is 5.11 Å². The molecule has 0 heterocycles. The molecule has 0 saturated carbocycles. The van der Waals surface area contributed by atoms with Crippen molar-refractivity contribution in [2.75, 3.05) is 0 Å². The van der Waals surface area contributed by atoms with Crippen molar-refractivity contribution in [3.8, 4) is 0 Å². The Bertz CT molecular complexity index is 179. The highest BCUT2D eigenvalue weighted by Crippen LogP contribution is 2.24. The van der Waals surface area contributed by atoms with Crippen LogP contribution in [-0.4, -0.2) is 5.11 Å². The summed E-state index contributed by atoms with van der Waals surface area (Å²) in [4.78, 5) is 0. The zero-order valence-corrected chi connectivity index (χ0v) is 6.07. The zero-order chi connectivity index (χ0) is 6.85. The fourth-order valence-corrected chi connectivity index (χ4v) is 0.968. The standard InChI is InChI=1S/C7H9ClO/c1-5-2-3-6(8)7(9)4-5/h4,9H,2-3H2,1H3. The third-order valence-corrected chi connectivity index (χ3v) is 1.78. The van der Waals surface area contributed by atoms with Crippen molar-refractivity contribution in [1.82, 2.24) is 0 Å². The van der Waals surface area contributed by atoms with Crippen molar-refractivity contribution in [2.45, 2.75) is 19.8 Å². The summed E-state index contributed by atoms with van der Waals surface area (Å²) < 4.78 is 0. The minimum Gasteiger partial charge on any atom is -0.507 e. The summed E-state index contributed by atoms with van der Waals surface area (Å²) in [6.07, 6.45) is 3.48. The average molecular weight is 145 g/mol. The molecule has 0 aromatic heterocycles. The summed E-state index contributed by atoms with van der Waals surface area (Å²) >= 11 is 5.62. The molecule has 50 valence electrons. The number of allylic oxidation sites excluding steroid dienone is 3. The fourth-order valence-electron chi connectivity index (χ4n) is 0.819. The van der Waals surface area contributed by atoms with Gasteiger partial charge in [-0.05, 0) is 25.8 Å². The lowest BCUT2D eigenvalue weighted by Gasteiger charge is -2.08. The number of hydrogen-bond donors (Lipinski definition) is 1. The van der Waals surface area contributed by atoms with Gasteiger partial charge in [-0.2, -0.15) is 0 Å². The lowest BCUT2D eigenvalue weighted by molar-refractivity contribution is 0.423. The molecule has 0 amide bonds. The average Bonchev–Trinajstić information content (AvgIpc) is 1.80. The Morgan fingerprint density at radius 2 is 2.22 bits per heavy atom. The van der Waals surface area contributed by atoms with Crippen LogP contribution in [0.3, 0.4) is 0 Å². The summed E-state index contributed by atoms with van der Waals surface area (Å²) in [6, 6.07) is 0. The monoisotopic (exact) mass is 144 g/mol. The maximum atomic E-state index is 9.02. The third-order valence-electron chi connectivity index (χ3n) is 1.40. The quantitative estimate of drug-likeness (QED) is 0.554. The molecule has 0 radical (unpaired) electrons. The molecule has 1 N–H and O–H groups in total. The Hall–Kier alpha value is -0.430. The van der Waals surface area contributed by atoms with Gasteiger partial charge < -0.3 is 5.11 Å². The van der Waals surface area contributed by atoms with E-state index in [0.29, 0.717) is 5.03 Å². The highest BCUT2D eigenvalue weighted by Gasteiger charge is 2.06. The third kappa shape index (κ3) is 1.49. The van der Waals surface area contributed by atoms with E-state index in [1.165, 1.54) is 5.57 Å². The number of halogens is 1. The topological polar surface area (TPSA) is 20.2 Å². The predicted octanol–water partition coefficient (Wildman–Crippen LogP) is 2.73. The smallest absolute Gasteiger partial charge is 0.130 e. The number of rotatable bonds is 0. The van der Waals surface area contributed by atoms with Crippen LogP contribution in [0.4, 0.5) is 0 Å². The number of hydrogen-bond acceptors (Lipinski definition) is 1. The van der Waals surface area contributed by atoms with Gasteiger partial charge >= 0.3 is 0 Å². The molecular formula is C7H9ClO. The normalized spacial score (nSPS) is 20.0. The van der Waals surface area contributed by atoms with Gasteiger partial charge in [0.15, 0.2) is 0 Å². The summed E-state index contributed by atoms with van der Waals surface area (Å²) in [6.45, 7) is 1.99. The van der Waals surface area contributed by atoms with E-state index in [1.807, 2.05) is 6.92 Å². The maximum Gasteiger partial charge on any atom is 0.130 e. The van der Waals surface area contributed by atoms with Crippen LogP contribution in [0.5, 0.6) is 0 Å². The van der Waals surface area contributed by atoms with E-state index < -0.39 is 0 Å². The van der Waals surface area contributed by atoms with Gasteiger partial charge in [-0.1, -0.05) is 17.2 Å². The molecule has 0 atom stereocenters. The van der Waals surface area contributed by atoms with Crippen LogP contribution < -0.4 is 0 Å². The van der Waals surface area contributed by atoms with Crippen LogP contribution in [0, 0.1) is 0 Å². The van der Waals surface area contributed by atoms with E-state index >= 15 is 0 Å². The van der Waals surface area contributed by atoms with Crippen molar-refractivity contribution >= 4 is 11.6 Å². The van der Waals surface area contributed by atoms with E-state index in [1.54, 1.807) is 6.08 Å². The minimum absolute atomic E-state index is 0.236. The van der Waals surface area contributed by atoms with Crippen LogP contribution in [-0.2, 0) is 0 Å². The number of aliphatic hydroxyl groups is 1. The zero-order valence-electron chi connectivity index (χ0n) is 5.32. The van der Waals surface area contributed by atoms with Crippen molar-refractivity contribution in [2.24, 2.45) is 0 Å². The molecule has 1 aliphatic rings. The van der Waals surface area contributed by atoms with Crippen LogP contribution in [0.1, 0.15) is 19.8 Å². The largest absolute Gasteiger partial charge is 0.507 e. The Kier molecular flexibility index (Phi) is 1.81. The number of aliphatic hydroxyl groups excluding tert-OH is 1. The first-order chi connectivity index (χ1) is 4.20. The fraction of sp³-hybridized carbons (Fsp3) is 0.429. The molecular weight excluding hydrogens is 136 g/mol. The first kappa shape index (κ1) is 6.69. The molecule has 0 aromatic carbocycles. The second-order valence-corrected chi connectivity index (χ2v) is 2.74. The van der Waals surface area contributed by atoms with Gasteiger partial charge in [-0.3, -0.25) is 0 Å². The minimum atomic E-state index is 0.236. The first-order valence-electron chi connectivity index (χ1n) is 2.95. The predicted molar refractivity (Wildman–Crippen MR) is 38.5 cm³/mol. The van der Waals surface area contributed by atoms with E-state index in [4.69, 9.17) is 16.7 Å². The van der Waals surface area contributed by atoms with Crippen molar-refractivity contribution in [3.63, 3.8) is 0 Å². The van der Waals surface area contributed by atoms with Crippen molar-refractivity contribution in [1.29, 1.82) is 0 Å². The second-order valence-electron chi connectivity index (χ2n) is 2.28.